The van der Waals surface area contributed by atoms with Gasteiger partial charge in [0.25, 0.3) is 5.91 Å². The van der Waals surface area contributed by atoms with Crippen molar-refractivity contribution in [2.75, 3.05) is 18.5 Å². The number of halogens is 3. The van der Waals surface area contributed by atoms with Crippen LogP contribution in [-0.2, 0) is 22.1 Å². The van der Waals surface area contributed by atoms with Gasteiger partial charge in [0, 0.05) is 25.1 Å². The van der Waals surface area contributed by atoms with Crippen LogP contribution in [0, 0.1) is 5.41 Å². The standard InChI is InChI=1S/C25H31F3N4O4/c1-4-36-20(34)8-6-5-7-11-30-17-12-15(9-10-16(17)23(29)35)32-18-13-24(2,3)14-19(33)21(18)22(31-32)25(26,27)28/h9-10,12,30H,4-8,11,13-14H2,1-3H3,(H2,29,35). The molecule has 0 saturated heterocycles. The number of ketones is 1. The fourth-order valence-corrected chi connectivity index (χ4v) is 4.41. The highest BCUT2D eigenvalue weighted by atomic mass is 19.4. The van der Waals surface area contributed by atoms with Crippen molar-refractivity contribution in [3.05, 3.63) is 40.7 Å². The van der Waals surface area contributed by atoms with E-state index >= 15 is 0 Å². The molecule has 0 radical (unpaired) electrons. The van der Waals surface area contributed by atoms with Crippen LogP contribution < -0.4 is 11.1 Å². The van der Waals surface area contributed by atoms with E-state index < -0.39 is 34.5 Å². The molecule has 0 unspecified atom stereocenters. The van der Waals surface area contributed by atoms with Gasteiger partial charge in [-0.3, -0.25) is 14.4 Å². The number of rotatable bonds is 10. The molecule has 3 N–H and O–H groups in total. The Labute approximate surface area is 207 Å². The Hall–Kier alpha value is -3.37. The van der Waals surface area contributed by atoms with Gasteiger partial charge in [0.1, 0.15) is 0 Å². The van der Waals surface area contributed by atoms with E-state index in [4.69, 9.17) is 10.5 Å². The van der Waals surface area contributed by atoms with E-state index in [0.29, 0.717) is 38.1 Å². The van der Waals surface area contributed by atoms with E-state index in [2.05, 4.69) is 10.4 Å². The maximum atomic E-state index is 13.8. The molecular formula is C25H31F3N4O4. The second kappa shape index (κ2) is 10.7. The topological polar surface area (TPSA) is 116 Å². The number of carbonyl (C=O) groups excluding carboxylic acids is 3. The van der Waals surface area contributed by atoms with E-state index in [1.165, 1.54) is 18.2 Å². The summed E-state index contributed by atoms with van der Waals surface area (Å²) in [6, 6.07) is 4.40. The summed E-state index contributed by atoms with van der Waals surface area (Å²) in [6.07, 6.45) is -2.18. The second-order valence-electron chi connectivity index (χ2n) is 9.66. The van der Waals surface area contributed by atoms with E-state index in [0.717, 1.165) is 11.1 Å². The monoisotopic (exact) mass is 508 g/mol. The van der Waals surface area contributed by atoms with Crippen molar-refractivity contribution < 1.29 is 32.3 Å². The average Bonchev–Trinajstić information content (AvgIpc) is 3.15. The summed E-state index contributed by atoms with van der Waals surface area (Å²) >= 11 is 0. The number of fused-ring (bicyclic) bond motifs is 1. The third kappa shape index (κ3) is 6.24. The minimum absolute atomic E-state index is 0.00163. The molecule has 1 aliphatic carbocycles. The number of esters is 1. The molecule has 0 bridgehead atoms. The number of Topliss-reactive ketones (excluding diaryl/α,β-unsaturated/α-hetero) is 1. The number of hydrogen-bond donors (Lipinski definition) is 2. The zero-order valence-corrected chi connectivity index (χ0v) is 20.6. The van der Waals surface area contributed by atoms with Gasteiger partial charge in [-0.1, -0.05) is 20.3 Å². The van der Waals surface area contributed by atoms with Gasteiger partial charge < -0.3 is 15.8 Å². The lowest BCUT2D eigenvalue weighted by molar-refractivity contribution is -0.143. The lowest BCUT2D eigenvalue weighted by Gasteiger charge is -2.29. The smallest absolute Gasteiger partial charge is 0.435 e. The predicted molar refractivity (Wildman–Crippen MR) is 127 cm³/mol. The lowest BCUT2D eigenvalue weighted by Crippen LogP contribution is -2.29. The third-order valence-electron chi connectivity index (χ3n) is 6.01. The van der Waals surface area contributed by atoms with Gasteiger partial charge in [0.2, 0.25) is 0 Å². The van der Waals surface area contributed by atoms with E-state index in [9.17, 15) is 27.6 Å². The molecule has 1 amide bonds. The average molecular weight is 509 g/mol. The number of benzene rings is 1. The summed E-state index contributed by atoms with van der Waals surface area (Å²) in [5.41, 5.74) is 4.38. The number of primary amides is 1. The van der Waals surface area contributed by atoms with Gasteiger partial charge in [0.05, 0.1) is 29.1 Å². The van der Waals surface area contributed by atoms with Crippen molar-refractivity contribution in [3.63, 3.8) is 0 Å². The van der Waals surface area contributed by atoms with Crippen LogP contribution in [0.4, 0.5) is 18.9 Å². The molecule has 1 aromatic carbocycles. The Kier molecular flexibility index (Phi) is 8.10. The zero-order chi connectivity index (χ0) is 26.7. The molecule has 11 heteroatoms. The number of nitrogens with two attached hydrogens (primary N) is 1. The number of hydrogen-bond acceptors (Lipinski definition) is 6. The first kappa shape index (κ1) is 27.2. The molecule has 8 nitrogen and oxygen atoms in total. The van der Waals surface area contributed by atoms with Crippen LogP contribution in [0.3, 0.4) is 0 Å². The number of ether oxygens (including phenoxy) is 1. The van der Waals surface area contributed by atoms with Crippen LogP contribution in [0.5, 0.6) is 0 Å². The molecule has 3 rings (SSSR count). The normalized spacial score (nSPS) is 14.9. The Balaban J connectivity index is 1.87. The number of carbonyl (C=O) groups is 3. The largest absolute Gasteiger partial charge is 0.466 e. The number of aromatic nitrogens is 2. The predicted octanol–water partition coefficient (Wildman–Crippen LogP) is 4.68. The maximum absolute atomic E-state index is 13.8. The number of alkyl halides is 3. The zero-order valence-electron chi connectivity index (χ0n) is 20.6. The van der Waals surface area contributed by atoms with Crippen LogP contribution in [0.25, 0.3) is 5.69 Å². The first-order valence-electron chi connectivity index (χ1n) is 11.9. The summed E-state index contributed by atoms with van der Waals surface area (Å²) in [4.78, 5) is 36.1. The van der Waals surface area contributed by atoms with E-state index in [1.807, 2.05) is 13.8 Å². The minimum atomic E-state index is -4.79. The first-order chi connectivity index (χ1) is 16.8. The van der Waals surface area contributed by atoms with Crippen molar-refractivity contribution in [1.29, 1.82) is 0 Å². The number of unbranched alkanes of at least 4 members (excludes halogenated alkanes) is 2. The SMILES string of the molecule is CCOC(=O)CCCCCNc1cc(-n2nc(C(F)(F)F)c3c2CC(C)(C)CC3=O)ccc1C(N)=O. The first-order valence-corrected chi connectivity index (χ1v) is 11.9. The highest BCUT2D eigenvalue weighted by molar-refractivity contribution is 6.00. The van der Waals surface area contributed by atoms with Gasteiger partial charge in [-0.15, -0.1) is 0 Å². The molecule has 1 aromatic heterocycles. The molecule has 0 fully saturated rings. The fourth-order valence-electron chi connectivity index (χ4n) is 4.41. The van der Waals surface area contributed by atoms with Crippen LogP contribution in [0.1, 0.15) is 85.0 Å². The molecule has 0 aliphatic heterocycles. The number of nitrogens with zero attached hydrogens (tertiary/aromatic N) is 2. The fraction of sp³-hybridized carbons (Fsp3) is 0.520. The summed E-state index contributed by atoms with van der Waals surface area (Å²) in [7, 11) is 0. The van der Waals surface area contributed by atoms with Crippen molar-refractivity contribution in [3.8, 4) is 5.69 Å². The van der Waals surface area contributed by atoms with E-state index in [1.54, 1.807) is 6.92 Å². The highest BCUT2D eigenvalue weighted by Gasteiger charge is 2.45. The summed E-state index contributed by atoms with van der Waals surface area (Å²) in [6.45, 7) is 6.17. The quantitative estimate of drug-likeness (QED) is 0.356. The Morgan fingerprint density at radius 1 is 1.19 bits per heavy atom. The second-order valence-corrected chi connectivity index (χ2v) is 9.66. The van der Waals surface area contributed by atoms with Gasteiger partial charge in [-0.25, -0.2) is 4.68 Å². The molecule has 2 aromatic rings. The summed E-state index contributed by atoms with van der Waals surface area (Å²) < 4.78 is 47.3. The molecule has 1 aliphatic rings. The minimum Gasteiger partial charge on any atom is -0.466 e. The van der Waals surface area contributed by atoms with Crippen molar-refractivity contribution in [2.24, 2.45) is 11.1 Å². The molecule has 196 valence electrons. The molecule has 36 heavy (non-hydrogen) atoms. The van der Waals surface area contributed by atoms with Crippen LogP contribution >= 0.6 is 0 Å². The highest BCUT2D eigenvalue weighted by Crippen LogP contribution is 2.42. The van der Waals surface area contributed by atoms with Crippen LogP contribution in [0.15, 0.2) is 18.2 Å². The molecule has 0 saturated carbocycles. The van der Waals surface area contributed by atoms with Gasteiger partial charge in [-0.05, 0) is 49.8 Å². The molecule has 0 atom stereocenters. The van der Waals surface area contributed by atoms with Gasteiger partial charge in [-0.2, -0.15) is 18.3 Å². The summed E-state index contributed by atoms with van der Waals surface area (Å²) in [5.74, 6) is -1.53. The number of anilines is 1. The Morgan fingerprint density at radius 2 is 1.92 bits per heavy atom. The van der Waals surface area contributed by atoms with Gasteiger partial charge in [0.15, 0.2) is 11.5 Å². The third-order valence-corrected chi connectivity index (χ3v) is 6.01. The maximum Gasteiger partial charge on any atom is 0.435 e. The summed E-state index contributed by atoms with van der Waals surface area (Å²) in [5, 5.41) is 6.91. The van der Waals surface area contributed by atoms with Crippen molar-refractivity contribution in [2.45, 2.75) is 65.5 Å². The van der Waals surface area contributed by atoms with Crippen LogP contribution in [0.2, 0.25) is 0 Å². The van der Waals surface area contributed by atoms with Crippen molar-refractivity contribution >= 4 is 23.3 Å². The molecule has 1 heterocycles. The van der Waals surface area contributed by atoms with Crippen LogP contribution in [-0.4, -0.2) is 40.6 Å². The lowest BCUT2D eigenvalue weighted by atomic mass is 9.75. The Morgan fingerprint density at radius 3 is 2.56 bits per heavy atom. The van der Waals surface area contributed by atoms with Gasteiger partial charge >= 0.3 is 12.1 Å². The Bertz CT molecular complexity index is 1150. The molecular weight excluding hydrogens is 477 g/mol. The number of nitrogens with one attached hydrogen (secondary N) is 1. The van der Waals surface area contributed by atoms with E-state index in [-0.39, 0.29) is 35.8 Å². The van der Waals surface area contributed by atoms with Crippen molar-refractivity contribution in [1.82, 2.24) is 9.78 Å². The molecule has 0 spiro atoms. The number of amides is 1.